The maximum atomic E-state index is 9.14. The highest BCUT2D eigenvalue weighted by molar-refractivity contribution is 7.13. The molecule has 0 atom stereocenters. The number of aromatic nitrogens is 1. The van der Waals surface area contributed by atoms with Crippen LogP contribution in [-0.2, 0) is 0 Å². The molecule has 3 nitrogen and oxygen atoms in total. The van der Waals surface area contributed by atoms with Gasteiger partial charge in [-0.2, -0.15) is 0 Å². The van der Waals surface area contributed by atoms with Crippen LogP contribution in [-0.4, -0.2) is 17.2 Å². The molecule has 5 heteroatoms. The molecule has 0 bridgehead atoms. The Morgan fingerprint density at radius 1 is 1.47 bits per heavy atom. The topological polar surface area (TPSA) is 42.4 Å². The van der Waals surface area contributed by atoms with Crippen LogP contribution in [0.2, 0.25) is 5.02 Å². The van der Waals surface area contributed by atoms with E-state index in [0.29, 0.717) is 15.8 Å². The molecule has 0 aliphatic carbocycles. The zero-order valence-corrected chi connectivity index (χ0v) is 9.47. The van der Waals surface area contributed by atoms with E-state index in [2.05, 4.69) is 4.98 Å². The summed E-state index contributed by atoms with van der Waals surface area (Å²) in [5.41, 5.74) is 0.794. The van der Waals surface area contributed by atoms with Crippen molar-refractivity contribution in [2.24, 2.45) is 0 Å². The van der Waals surface area contributed by atoms with Crippen LogP contribution in [0, 0.1) is 0 Å². The van der Waals surface area contributed by atoms with Gasteiger partial charge in [0.2, 0.25) is 5.88 Å². The Bertz CT molecular complexity index is 484. The van der Waals surface area contributed by atoms with Crippen molar-refractivity contribution in [1.82, 2.24) is 4.98 Å². The molecule has 0 aliphatic rings. The van der Waals surface area contributed by atoms with Crippen LogP contribution >= 0.6 is 22.9 Å². The second kappa shape index (κ2) is 4.08. The smallest absolute Gasteiger partial charge is 0.222 e. The third-order valence-electron chi connectivity index (χ3n) is 1.90. The monoisotopic (exact) mass is 241 g/mol. The molecule has 0 fully saturated rings. The number of methoxy groups -OCH3 is 1. The van der Waals surface area contributed by atoms with Crippen molar-refractivity contribution in [3.8, 4) is 22.2 Å². The minimum Gasteiger partial charge on any atom is -0.497 e. The second-order valence-electron chi connectivity index (χ2n) is 2.86. The molecule has 2 aromatic rings. The Hall–Kier alpha value is -1.26. The average molecular weight is 242 g/mol. The van der Waals surface area contributed by atoms with E-state index in [1.807, 2.05) is 6.07 Å². The average Bonchev–Trinajstić information content (AvgIpc) is 2.64. The van der Waals surface area contributed by atoms with Crippen molar-refractivity contribution < 1.29 is 9.84 Å². The van der Waals surface area contributed by atoms with Gasteiger partial charge in [-0.1, -0.05) is 11.6 Å². The van der Waals surface area contributed by atoms with Gasteiger partial charge in [0.1, 0.15) is 10.8 Å². The Balaban J connectivity index is 2.45. The number of thiazole rings is 1. The predicted molar refractivity (Wildman–Crippen MR) is 60.8 cm³/mol. The molecule has 0 radical (unpaired) electrons. The zero-order chi connectivity index (χ0) is 10.8. The zero-order valence-electron chi connectivity index (χ0n) is 7.90. The van der Waals surface area contributed by atoms with E-state index in [9.17, 15) is 0 Å². The molecular formula is C10H8ClNO2S. The summed E-state index contributed by atoms with van der Waals surface area (Å²) in [7, 11) is 1.58. The lowest BCUT2D eigenvalue weighted by Crippen LogP contribution is -1.84. The summed E-state index contributed by atoms with van der Waals surface area (Å²) in [6.07, 6.45) is 0. The molecule has 15 heavy (non-hydrogen) atoms. The SMILES string of the molecule is COc1ccc(-c2nc(O)cs2)c(Cl)c1. The van der Waals surface area contributed by atoms with Gasteiger partial charge in [0.25, 0.3) is 0 Å². The molecule has 78 valence electrons. The number of ether oxygens (including phenoxy) is 1. The molecule has 0 aliphatic heterocycles. The summed E-state index contributed by atoms with van der Waals surface area (Å²) in [5.74, 6) is 0.714. The number of nitrogens with zero attached hydrogens (tertiary/aromatic N) is 1. The van der Waals surface area contributed by atoms with E-state index in [0.717, 1.165) is 5.56 Å². The molecule has 0 saturated heterocycles. The number of rotatable bonds is 2. The van der Waals surface area contributed by atoms with E-state index in [-0.39, 0.29) is 5.88 Å². The van der Waals surface area contributed by atoms with Crippen molar-refractivity contribution in [2.45, 2.75) is 0 Å². The van der Waals surface area contributed by atoms with Crippen molar-refractivity contribution in [3.05, 3.63) is 28.6 Å². The van der Waals surface area contributed by atoms with Gasteiger partial charge in [-0.15, -0.1) is 11.3 Å². The quantitative estimate of drug-likeness (QED) is 0.878. The first kappa shape index (κ1) is 10.3. The van der Waals surface area contributed by atoms with E-state index in [1.54, 1.807) is 24.6 Å². The normalized spacial score (nSPS) is 10.3. The lowest BCUT2D eigenvalue weighted by Gasteiger charge is -2.03. The molecule has 0 unspecified atom stereocenters. The first-order valence-electron chi connectivity index (χ1n) is 4.19. The third-order valence-corrected chi connectivity index (χ3v) is 3.07. The van der Waals surface area contributed by atoms with E-state index in [4.69, 9.17) is 21.4 Å². The fourth-order valence-electron chi connectivity index (χ4n) is 1.19. The summed E-state index contributed by atoms with van der Waals surface area (Å²) < 4.78 is 5.04. The van der Waals surface area contributed by atoms with Crippen LogP contribution in [0.1, 0.15) is 0 Å². The Labute approximate surface area is 95.9 Å². The highest BCUT2D eigenvalue weighted by Crippen LogP contribution is 2.34. The molecule has 2 rings (SSSR count). The lowest BCUT2D eigenvalue weighted by atomic mass is 10.2. The molecule has 0 spiro atoms. The largest absolute Gasteiger partial charge is 0.497 e. The van der Waals surface area contributed by atoms with Crippen LogP contribution in [0.5, 0.6) is 11.6 Å². The van der Waals surface area contributed by atoms with Crippen LogP contribution in [0.25, 0.3) is 10.6 Å². The van der Waals surface area contributed by atoms with Gasteiger partial charge >= 0.3 is 0 Å². The Morgan fingerprint density at radius 2 is 2.27 bits per heavy atom. The van der Waals surface area contributed by atoms with E-state index < -0.39 is 0 Å². The maximum absolute atomic E-state index is 9.14. The van der Waals surface area contributed by atoms with Gasteiger partial charge < -0.3 is 9.84 Å². The van der Waals surface area contributed by atoms with Crippen molar-refractivity contribution in [3.63, 3.8) is 0 Å². The first-order chi connectivity index (χ1) is 7.20. The van der Waals surface area contributed by atoms with Crippen LogP contribution in [0.15, 0.2) is 23.6 Å². The first-order valence-corrected chi connectivity index (χ1v) is 5.45. The molecule has 1 heterocycles. The summed E-state index contributed by atoms with van der Waals surface area (Å²) in [4.78, 5) is 3.95. The number of hydrogen-bond donors (Lipinski definition) is 1. The molecule has 0 amide bonds. The Kier molecular flexibility index (Phi) is 2.79. The van der Waals surface area contributed by atoms with Gasteiger partial charge in [0.05, 0.1) is 17.5 Å². The van der Waals surface area contributed by atoms with Gasteiger partial charge in [-0.3, -0.25) is 0 Å². The van der Waals surface area contributed by atoms with Gasteiger partial charge in [0, 0.05) is 5.56 Å². The molecule has 1 aromatic carbocycles. The highest BCUT2D eigenvalue weighted by atomic mass is 35.5. The fourth-order valence-corrected chi connectivity index (χ4v) is 2.22. The number of benzene rings is 1. The van der Waals surface area contributed by atoms with Crippen molar-refractivity contribution >= 4 is 22.9 Å². The van der Waals surface area contributed by atoms with Gasteiger partial charge in [-0.25, -0.2) is 4.98 Å². The summed E-state index contributed by atoms with van der Waals surface area (Å²) in [6.45, 7) is 0. The summed E-state index contributed by atoms with van der Waals surface area (Å²) >= 11 is 7.40. The molecular weight excluding hydrogens is 234 g/mol. The van der Waals surface area contributed by atoms with Crippen molar-refractivity contribution in [2.75, 3.05) is 7.11 Å². The molecule has 1 N–H and O–H groups in total. The van der Waals surface area contributed by atoms with Crippen LogP contribution < -0.4 is 4.74 Å². The van der Waals surface area contributed by atoms with Crippen LogP contribution in [0.4, 0.5) is 0 Å². The van der Waals surface area contributed by atoms with Gasteiger partial charge in [-0.05, 0) is 18.2 Å². The van der Waals surface area contributed by atoms with Crippen LogP contribution in [0.3, 0.4) is 0 Å². The lowest BCUT2D eigenvalue weighted by molar-refractivity contribution is 0.415. The van der Waals surface area contributed by atoms with Gasteiger partial charge in [0.15, 0.2) is 0 Å². The van der Waals surface area contributed by atoms with Crippen molar-refractivity contribution in [1.29, 1.82) is 0 Å². The minimum atomic E-state index is 0.0156. The predicted octanol–water partition coefficient (Wildman–Crippen LogP) is 3.18. The maximum Gasteiger partial charge on any atom is 0.222 e. The standard InChI is InChI=1S/C10H8ClNO2S/c1-14-6-2-3-7(8(11)4-6)10-12-9(13)5-15-10/h2-5,13H,1H3. The third kappa shape index (κ3) is 2.06. The Morgan fingerprint density at radius 3 is 2.80 bits per heavy atom. The van der Waals surface area contributed by atoms with E-state index >= 15 is 0 Å². The number of hydrogen-bond acceptors (Lipinski definition) is 4. The highest BCUT2D eigenvalue weighted by Gasteiger charge is 2.08. The molecule has 1 aromatic heterocycles. The summed E-state index contributed by atoms with van der Waals surface area (Å²) in [6, 6.07) is 5.34. The second-order valence-corrected chi connectivity index (χ2v) is 4.12. The number of halogens is 1. The summed E-state index contributed by atoms with van der Waals surface area (Å²) in [5, 5.41) is 12.0. The molecule has 0 saturated carbocycles. The minimum absolute atomic E-state index is 0.0156. The van der Waals surface area contributed by atoms with E-state index in [1.165, 1.54) is 11.3 Å². The fraction of sp³-hybridized carbons (Fsp3) is 0.100. The number of aromatic hydroxyl groups is 1.